The first-order valence-electron chi connectivity index (χ1n) is 12.4. The van der Waals surface area contributed by atoms with Gasteiger partial charge in [-0.1, -0.05) is 23.7 Å². The average Bonchev–Trinajstić information content (AvgIpc) is 2.96. The Kier molecular flexibility index (Phi) is 8.15. The van der Waals surface area contributed by atoms with Crippen molar-refractivity contribution in [3.05, 3.63) is 77.8 Å². The molecule has 38 heavy (non-hydrogen) atoms. The molecule has 3 heterocycles. The Labute approximate surface area is 225 Å². The fourth-order valence-corrected chi connectivity index (χ4v) is 4.65. The van der Waals surface area contributed by atoms with Crippen molar-refractivity contribution in [2.75, 3.05) is 31.6 Å². The van der Waals surface area contributed by atoms with E-state index in [0.29, 0.717) is 54.6 Å². The highest BCUT2D eigenvalue weighted by Crippen LogP contribution is 2.34. The first-order valence-corrected chi connectivity index (χ1v) is 12.8. The van der Waals surface area contributed by atoms with Crippen molar-refractivity contribution >= 4 is 39.9 Å². The molecule has 4 aromatic rings. The van der Waals surface area contributed by atoms with Gasteiger partial charge in [0.1, 0.15) is 36.9 Å². The SMILES string of the molecule is O=C(CO)N1CCC(COc2cccc3ncnc(Nc4ccc(OCc5ccccn5)c(Cl)c4)c23)CC1. The predicted molar refractivity (Wildman–Crippen MR) is 145 cm³/mol. The summed E-state index contributed by atoms with van der Waals surface area (Å²) in [6.07, 6.45) is 4.88. The van der Waals surface area contributed by atoms with E-state index < -0.39 is 6.61 Å². The summed E-state index contributed by atoms with van der Waals surface area (Å²) in [6.45, 7) is 1.64. The number of rotatable bonds is 9. The van der Waals surface area contributed by atoms with Crippen molar-refractivity contribution in [2.45, 2.75) is 19.4 Å². The highest BCUT2D eigenvalue weighted by molar-refractivity contribution is 6.32. The highest BCUT2D eigenvalue weighted by Gasteiger charge is 2.23. The molecule has 0 atom stereocenters. The topological polar surface area (TPSA) is 110 Å². The van der Waals surface area contributed by atoms with Gasteiger partial charge in [0.15, 0.2) is 0 Å². The molecule has 5 rings (SSSR count). The number of pyridine rings is 1. The summed E-state index contributed by atoms with van der Waals surface area (Å²) in [5.41, 5.74) is 2.32. The van der Waals surface area contributed by atoms with Gasteiger partial charge < -0.3 is 24.8 Å². The number of benzene rings is 2. The van der Waals surface area contributed by atoms with Gasteiger partial charge in [-0.2, -0.15) is 0 Å². The first-order chi connectivity index (χ1) is 18.6. The van der Waals surface area contributed by atoms with Crippen LogP contribution in [0.4, 0.5) is 11.5 Å². The second kappa shape index (κ2) is 12.1. The molecule has 10 heteroatoms. The Morgan fingerprint density at radius 1 is 1.03 bits per heavy atom. The summed E-state index contributed by atoms with van der Waals surface area (Å²) in [5, 5.41) is 13.7. The molecule has 2 N–H and O–H groups in total. The van der Waals surface area contributed by atoms with Gasteiger partial charge in [-0.15, -0.1) is 0 Å². The number of anilines is 2. The van der Waals surface area contributed by atoms with Gasteiger partial charge >= 0.3 is 0 Å². The molecule has 196 valence electrons. The lowest BCUT2D eigenvalue weighted by molar-refractivity contribution is -0.135. The number of amides is 1. The maximum atomic E-state index is 11.7. The van der Waals surface area contributed by atoms with Crippen LogP contribution in [-0.4, -0.2) is 57.2 Å². The number of fused-ring (bicyclic) bond motifs is 1. The van der Waals surface area contributed by atoms with Crippen molar-refractivity contribution in [1.82, 2.24) is 19.9 Å². The van der Waals surface area contributed by atoms with E-state index in [-0.39, 0.29) is 5.91 Å². The van der Waals surface area contributed by atoms with E-state index in [1.165, 1.54) is 6.33 Å². The number of nitrogens with one attached hydrogen (secondary N) is 1. The fraction of sp³-hybridized carbons (Fsp3) is 0.286. The van der Waals surface area contributed by atoms with E-state index in [4.69, 9.17) is 26.2 Å². The molecular formula is C28H28ClN5O4. The lowest BCUT2D eigenvalue weighted by Crippen LogP contribution is -2.41. The summed E-state index contributed by atoms with van der Waals surface area (Å²) in [5.74, 6) is 1.94. The van der Waals surface area contributed by atoms with Crippen LogP contribution in [0.1, 0.15) is 18.5 Å². The third kappa shape index (κ3) is 6.12. The second-order valence-corrected chi connectivity index (χ2v) is 9.45. The van der Waals surface area contributed by atoms with Gasteiger partial charge in [0.2, 0.25) is 5.91 Å². The van der Waals surface area contributed by atoms with Gasteiger partial charge in [0.25, 0.3) is 0 Å². The number of halogens is 1. The molecule has 0 spiro atoms. The molecule has 0 bridgehead atoms. The van der Waals surface area contributed by atoms with Crippen LogP contribution in [0.25, 0.3) is 10.9 Å². The van der Waals surface area contributed by atoms with E-state index in [1.807, 2.05) is 48.5 Å². The van der Waals surface area contributed by atoms with E-state index >= 15 is 0 Å². The smallest absolute Gasteiger partial charge is 0.248 e. The van der Waals surface area contributed by atoms with Gasteiger partial charge in [0, 0.05) is 25.0 Å². The van der Waals surface area contributed by atoms with Crippen LogP contribution in [0.2, 0.25) is 5.02 Å². The fourth-order valence-electron chi connectivity index (χ4n) is 4.42. The molecule has 0 unspecified atom stereocenters. The van der Waals surface area contributed by atoms with Crippen LogP contribution < -0.4 is 14.8 Å². The van der Waals surface area contributed by atoms with Crippen LogP contribution in [-0.2, 0) is 11.4 Å². The summed E-state index contributed by atoms with van der Waals surface area (Å²) >= 11 is 6.50. The van der Waals surface area contributed by atoms with Crippen LogP contribution >= 0.6 is 11.6 Å². The maximum absolute atomic E-state index is 11.7. The molecule has 1 amide bonds. The number of hydrogen-bond acceptors (Lipinski definition) is 8. The number of aliphatic hydroxyl groups excluding tert-OH is 1. The molecule has 0 saturated carbocycles. The Balaban J connectivity index is 1.27. The van der Waals surface area contributed by atoms with Gasteiger partial charge in [0.05, 0.1) is 28.2 Å². The van der Waals surface area contributed by atoms with E-state index in [1.54, 1.807) is 17.2 Å². The molecule has 2 aromatic heterocycles. The molecule has 1 aliphatic heterocycles. The number of likely N-dealkylation sites (tertiary alicyclic amines) is 1. The zero-order chi connectivity index (χ0) is 26.3. The standard InChI is InChI=1S/C28H28ClN5O4/c29-22-14-20(7-8-24(22)38-17-21-4-1-2-11-30-21)33-28-27-23(31-18-32-28)5-3-6-25(27)37-16-19-9-12-34(13-10-19)26(36)15-35/h1-8,11,14,18-19,35H,9-10,12-13,15-17H2,(H,31,32,33). The number of aliphatic hydroxyl groups is 1. The number of aromatic nitrogens is 3. The summed E-state index contributed by atoms with van der Waals surface area (Å²) < 4.78 is 12.1. The number of nitrogens with zero attached hydrogens (tertiary/aromatic N) is 4. The van der Waals surface area contributed by atoms with Gasteiger partial charge in [-0.3, -0.25) is 9.78 Å². The minimum atomic E-state index is -0.445. The largest absolute Gasteiger partial charge is 0.492 e. The Hall–Kier alpha value is -3.95. The molecule has 0 aliphatic carbocycles. The lowest BCUT2D eigenvalue weighted by Gasteiger charge is -2.31. The van der Waals surface area contributed by atoms with Crippen molar-refractivity contribution < 1.29 is 19.4 Å². The molecule has 1 saturated heterocycles. The Morgan fingerprint density at radius 2 is 1.89 bits per heavy atom. The van der Waals surface area contributed by atoms with E-state index in [0.717, 1.165) is 35.1 Å². The van der Waals surface area contributed by atoms with Crippen LogP contribution in [0.3, 0.4) is 0 Å². The molecule has 1 fully saturated rings. The minimum absolute atomic E-state index is 0.223. The summed E-state index contributed by atoms with van der Waals surface area (Å²) in [4.78, 5) is 26.6. The zero-order valence-electron chi connectivity index (χ0n) is 20.7. The van der Waals surface area contributed by atoms with Crippen molar-refractivity contribution in [2.24, 2.45) is 5.92 Å². The second-order valence-electron chi connectivity index (χ2n) is 9.05. The predicted octanol–water partition coefficient (Wildman–Crippen LogP) is 4.61. The summed E-state index contributed by atoms with van der Waals surface area (Å²) in [7, 11) is 0. The number of carbonyl (C=O) groups is 1. The molecular weight excluding hydrogens is 506 g/mol. The average molecular weight is 534 g/mol. The van der Waals surface area contributed by atoms with Crippen LogP contribution in [0.15, 0.2) is 67.1 Å². The summed E-state index contributed by atoms with van der Waals surface area (Å²) in [6, 6.07) is 16.9. The quantitative estimate of drug-likeness (QED) is 0.321. The van der Waals surface area contributed by atoms with Crippen LogP contribution in [0.5, 0.6) is 11.5 Å². The zero-order valence-corrected chi connectivity index (χ0v) is 21.5. The monoisotopic (exact) mass is 533 g/mol. The van der Waals surface area contributed by atoms with Crippen molar-refractivity contribution in [1.29, 1.82) is 0 Å². The minimum Gasteiger partial charge on any atom is -0.492 e. The van der Waals surface area contributed by atoms with E-state index in [2.05, 4.69) is 20.3 Å². The van der Waals surface area contributed by atoms with Crippen molar-refractivity contribution in [3.63, 3.8) is 0 Å². The number of ether oxygens (including phenoxy) is 2. The van der Waals surface area contributed by atoms with Gasteiger partial charge in [-0.05, 0) is 61.2 Å². The third-order valence-electron chi connectivity index (χ3n) is 6.50. The van der Waals surface area contributed by atoms with Gasteiger partial charge in [-0.25, -0.2) is 9.97 Å². The molecule has 2 aromatic carbocycles. The lowest BCUT2D eigenvalue weighted by atomic mass is 9.98. The number of hydrogen-bond donors (Lipinski definition) is 2. The third-order valence-corrected chi connectivity index (χ3v) is 6.79. The van der Waals surface area contributed by atoms with Crippen molar-refractivity contribution in [3.8, 4) is 11.5 Å². The van der Waals surface area contributed by atoms with E-state index in [9.17, 15) is 4.79 Å². The maximum Gasteiger partial charge on any atom is 0.248 e. The van der Waals surface area contributed by atoms with Crippen LogP contribution in [0, 0.1) is 5.92 Å². The normalized spacial score (nSPS) is 13.9. The number of piperidine rings is 1. The molecule has 9 nitrogen and oxygen atoms in total. The highest BCUT2D eigenvalue weighted by atomic mass is 35.5. The number of carbonyl (C=O) groups excluding carboxylic acids is 1. The molecule has 0 radical (unpaired) electrons. The Morgan fingerprint density at radius 3 is 2.66 bits per heavy atom. The Bertz CT molecular complexity index is 1390. The first kappa shape index (κ1) is 25.7. The molecule has 1 aliphatic rings.